The Morgan fingerprint density at radius 3 is 2.67 bits per heavy atom. The van der Waals surface area contributed by atoms with Gasteiger partial charge in [-0.3, -0.25) is 0 Å². The summed E-state index contributed by atoms with van der Waals surface area (Å²) in [5.74, 6) is 0.386. The van der Waals surface area contributed by atoms with Crippen LogP contribution in [-0.4, -0.2) is 21.6 Å². The lowest BCUT2D eigenvalue weighted by molar-refractivity contribution is 0.285. The third-order valence-electron chi connectivity index (χ3n) is 3.27. The minimum absolute atomic E-state index is 0.246. The van der Waals surface area contributed by atoms with E-state index in [-0.39, 0.29) is 5.75 Å². The molecule has 0 heterocycles. The fourth-order valence-corrected chi connectivity index (χ4v) is 2.33. The van der Waals surface area contributed by atoms with Gasteiger partial charge in [-0.05, 0) is 58.6 Å². The fourth-order valence-electron chi connectivity index (χ4n) is 1.70. The van der Waals surface area contributed by atoms with Gasteiger partial charge in [0.2, 0.25) is 0 Å². The van der Waals surface area contributed by atoms with Crippen molar-refractivity contribution < 1.29 is 13.7 Å². The largest absolute Gasteiger partial charge is 0.591 e. The van der Waals surface area contributed by atoms with Crippen molar-refractivity contribution >= 4 is 17.1 Å². The number of hydrogen-bond acceptors (Lipinski definition) is 3. The van der Waals surface area contributed by atoms with Crippen molar-refractivity contribution in [1.82, 2.24) is 0 Å². The molecule has 1 atom stereocenters. The van der Waals surface area contributed by atoms with Gasteiger partial charge in [0.05, 0.1) is 12.3 Å². The van der Waals surface area contributed by atoms with E-state index in [0.717, 1.165) is 12.8 Å². The van der Waals surface area contributed by atoms with Gasteiger partial charge in [-0.1, -0.05) is 10.5 Å². The Balaban J connectivity index is 2.18. The maximum atomic E-state index is 14.4. The number of ether oxygens (including phenoxy) is 1. The molecule has 3 nitrogen and oxygen atoms in total. The van der Waals surface area contributed by atoms with Crippen LogP contribution in [0.15, 0.2) is 22.6 Å². The summed E-state index contributed by atoms with van der Waals surface area (Å²) in [6.07, 6.45) is 2.32. The zero-order valence-corrected chi connectivity index (χ0v) is 13.8. The first-order valence-corrected chi connectivity index (χ1v) is 8.28. The van der Waals surface area contributed by atoms with Crippen LogP contribution in [0, 0.1) is 11.7 Å². The predicted octanol–water partition coefficient (Wildman–Crippen LogP) is 3.89. The molecule has 116 valence electrons. The van der Waals surface area contributed by atoms with Gasteiger partial charge < -0.3 is 9.29 Å². The molecule has 0 radical (unpaired) electrons. The first-order chi connectivity index (χ1) is 9.79. The predicted molar refractivity (Wildman–Crippen MR) is 84.7 cm³/mol. The van der Waals surface area contributed by atoms with E-state index >= 15 is 0 Å². The highest BCUT2D eigenvalue weighted by molar-refractivity contribution is 7.91. The van der Waals surface area contributed by atoms with Gasteiger partial charge in [0.1, 0.15) is 16.1 Å². The zero-order chi connectivity index (χ0) is 15.6. The van der Waals surface area contributed by atoms with Gasteiger partial charge in [-0.15, -0.1) is 0 Å². The van der Waals surface area contributed by atoms with E-state index in [4.69, 9.17) is 4.74 Å². The highest BCUT2D eigenvalue weighted by atomic mass is 32.2. The van der Waals surface area contributed by atoms with Crippen LogP contribution < -0.4 is 4.74 Å². The van der Waals surface area contributed by atoms with Crippen LogP contribution in [0.3, 0.4) is 0 Å². The Kier molecular flexibility index (Phi) is 4.94. The Hall–Kier alpha value is -1.07. The molecule has 1 aromatic carbocycles. The molecule has 0 bridgehead atoms. The van der Waals surface area contributed by atoms with E-state index in [1.165, 1.54) is 0 Å². The molecule has 0 N–H and O–H groups in total. The first kappa shape index (κ1) is 16.3. The number of benzene rings is 1. The monoisotopic (exact) mass is 311 g/mol. The molecule has 0 unspecified atom stereocenters. The van der Waals surface area contributed by atoms with E-state index in [2.05, 4.69) is 4.40 Å². The third-order valence-corrected chi connectivity index (χ3v) is 4.76. The summed E-state index contributed by atoms with van der Waals surface area (Å²) in [6, 6.07) is 4.99. The number of nitrogens with zero attached hydrogens (tertiary/aromatic N) is 1. The molecule has 1 fully saturated rings. The van der Waals surface area contributed by atoms with Crippen LogP contribution in [0.2, 0.25) is 0 Å². The summed E-state index contributed by atoms with van der Waals surface area (Å²) in [7, 11) is 0. The second kappa shape index (κ2) is 6.36. The van der Waals surface area contributed by atoms with Gasteiger partial charge in [-0.25, -0.2) is 4.39 Å². The van der Waals surface area contributed by atoms with Crippen LogP contribution >= 0.6 is 0 Å². The van der Waals surface area contributed by atoms with Gasteiger partial charge in [-0.2, -0.15) is 0 Å². The summed E-state index contributed by atoms with van der Waals surface area (Å²) < 4.78 is 35.7. The van der Waals surface area contributed by atoms with E-state index in [1.807, 2.05) is 20.8 Å². The molecule has 1 aliphatic carbocycles. The molecule has 1 aromatic rings. The molecule has 2 rings (SSSR count). The minimum Gasteiger partial charge on any atom is -0.591 e. The second-order valence-electron chi connectivity index (χ2n) is 6.41. The lowest BCUT2D eigenvalue weighted by atomic mass is 10.1. The molecule has 0 spiro atoms. The highest BCUT2D eigenvalue weighted by Crippen LogP contribution is 2.31. The maximum Gasteiger partial charge on any atom is 0.174 e. The van der Waals surface area contributed by atoms with E-state index in [1.54, 1.807) is 25.1 Å². The molecule has 0 aromatic heterocycles. The number of rotatable bonds is 5. The van der Waals surface area contributed by atoms with E-state index < -0.39 is 21.9 Å². The van der Waals surface area contributed by atoms with Gasteiger partial charge >= 0.3 is 0 Å². The normalized spacial score (nSPS) is 17.7. The molecule has 0 saturated heterocycles. The molecule has 1 aliphatic rings. The van der Waals surface area contributed by atoms with Crippen molar-refractivity contribution in [1.29, 1.82) is 0 Å². The summed E-state index contributed by atoms with van der Waals surface area (Å²) in [4.78, 5) is 0. The Morgan fingerprint density at radius 1 is 1.43 bits per heavy atom. The van der Waals surface area contributed by atoms with Crippen molar-refractivity contribution in [3.8, 4) is 5.75 Å². The zero-order valence-electron chi connectivity index (χ0n) is 13.0. The standard InChI is InChI=1S/C16H22FNO2S/c1-11(18-21(19)16(2,3)4)13-6-5-7-14(15(13)17)20-10-12-8-9-12/h5-7,12H,8-10H2,1-4H3/t21-/m0/s1. The van der Waals surface area contributed by atoms with Gasteiger partial charge in [0.25, 0.3) is 0 Å². The van der Waals surface area contributed by atoms with Crippen molar-refractivity contribution in [2.45, 2.75) is 45.3 Å². The topological polar surface area (TPSA) is 44.7 Å². The molecular weight excluding hydrogens is 289 g/mol. The number of hydrogen-bond donors (Lipinski definition) is 0. The van der Waals surface area contributed by atoms with Gasteiger partial charge in [0, 0.05) is 5.56 Å². The first-order valence-electron chi connectivity index (χ1n) is 7.18. The van der Waals surface area contributed by atoms with Crippen LogP contribution in [0.4, 0.5) is 4.39 Å². The lowest BCUT2D eigenvalue weighted by Gasteiger charge is -2.19. The molecule has 0 aliphatic heterocycles. The minimum atomic E-state index is -1.40. The molecular formula is C16H22FNO2S. The fraction of sp³-hybridized carbons (Fsp3) is 0.562. The van der Waals surface area contributed by atoms with E-state index in [9.17, 15) is 8.94 Å². The summed E-state index contributed by atoms with van der Waals surface area (Å²) in [5.41, 5.74) is 0.776. The number of halogens is 1. The molecule has 21 heavy (non-hydrogen) atoms. The van der Waals surface area contributed by atoms with Crippen LogP contribution in [0.5, 0.6) is 5.75 Å². The smallest absolute Gasteiger partial charge is 0.174 e. The van der Waals surface area contributed by atoms with Crippen molar-refractivity contribution in [3.63, 3.8) is 0 Å². The highest BCUT2D eigenvalue weighted by Gasteiger charge is 2.27. The molecule has 1 saturated carbocycles. The lowest BCUT2D eigenvalue weighted by Crippen LogP contribution is -2.26. The molecule has 5 heteroatoms. The summed E-state index contributed by atoms with van der Waals surface area (Å²) >= 11 is -1.40. The summed E-state index contributed by atoms with van der Waals surface area (Å²) in [5, 5.41) is 0. The van der Waals surface area contributed by atoms with Gasteiger partial charge in [0.15, 0.2) is 11.6 Å². The van der Waals surface area contributed by atoms with Crippen molar-refractivity contribution in [2.24, 2.45) is 10.3 Å². The Morgan fingerprint density at radius 2 is 2.10 bits per heavy atom. The van der Waals surface area contributed by atoms with Crippen LogP contribution in [-0.2, 0) is 11.4 Å². The molecule has 0 amide bonds. The Bertz CT molecular complexity index is 536. The van der Waals surface area contributed by atoms with E-state index in [0.29, 0.717) is 23.8 Å². The van der Waals surface area contributed by atoms with Crippen LogP contribution in [0.25, 0.3) is 0 Å². The Labute approximate surface area is 128 Å². The second-order valence-corrected chi connectivity index (χ2v) is 8.32. The SMILES string of the molecule is CC(=N[S@@+]([O-])C(C)(C)C)c1cccc(OCC2CC2)c1F. The maximum absolute atomic E-state index is 14.4. The third kappa shape index (κ3) is 4.45. The van der Waals surface area contributed by atoms with Crippen LogP contribution in [0.1, 0.15) is 46.1 Å². The average Bonchev–Trinajstić information content (AvgIpc) is 3.20. The van der Waals surface area contributed by atoms with Crippen molar-refractivity contribution in [2.75, 3.05) is 6.61 Å². The quantitative estimate of drug-likeness (QED) is 0.612. The van der Waals surface area contributed by atoms with Crippen molar-refractivity contribution in [3.05, 3.63) is 29.6 Å². The summed E-state index contributed by atoms with van der Waals surface area (Å²) in [6.45, 7) is 7.75. The average molecular weight is 311 g/mol.